The van der Waals surface area contributed by atoms with Gasteiger partial charge in [-0.05, 0) is 0 Å². The molecule has 0 aromatic rings. The zero-order valence-electron chi connectivity index (χ0n) is 2.21. The summed E-state index contributed by atoms with van der Waals surface area (Å²) >= 11 is -1.17. The molecule has 0 aromatic carbocycles. The molecule has 0 radical (unpaired) electrons. The van der Waals surface area contributed by atoms with Gasteiger partial charge in [0.2, 0.25) is 0 Å². The van der Waals surface area contributed by atoms with Crippen molar-refractivity contribution in [3.05, 3.63) is 0 Å². The van der Waals surface area contributed by atoms with Crippen molar-refractivity contribution in [3.63, 3.8) is 0 Å². The van der Waals surface area contributed by atoms with Gasteiger partial charge in [0.25, 0.3) is 0 Å². The van der Waals surface area contributed by atoms with Crippen LogP contribution in [0.3, 0.4) is 0 Å². The SMILES string of the molecule is [Cl][Tb]([Cl])[Cl].[O]=[Tb]. The quantitative estimate of drug-likeness (QED) is 0.563. The minimum atomic E-state index is -1.92. The van der Waals surface area contributed by atoms with E-state index in [1.165, 1.54) is 0 Å². The zero-order valence-corrected chi connectivity index (χ0v) is 8.75. The van der Waals surface area contributed by atoms with Crippen molar-refractivity contribution in [3.8, 4) is 0 Å². The third-order valence-corrected chi connectivity index (χ3v) is 0. The summed E-state index contributed by atoms with van der Waals surface area (Å²) in [5.41, 5.74) is 0. The molecule has 1 nitrogen and oxygen atoms in total. The van der Waals surface area contributed by atoms with Gasteiger partial charge < -0.3 is 0 Å². The van der Waals surface area contributed by atoms with E-state index in [1.807, 2.05) is 0 Å². The fraction of sp³-hybridized carbons (Fsp3) is 0. The van der Waals surface area contributed by atoms with Crippen LogP contribution in [-0.2, 0) is 1.33 Å². The van der Waals surface area contributed by atoms with E-state index in [2.05, 4.69) is 0 Å². The Kier molecular flexibility index (Phi) is 22.1. The van der Waals surface area contributed by atoms with E-state index in [4.69, 9.17) is 20.0 Å². The molecule has 0 N–H and O–H groups in total. The monoisotopic (exact) mass is 439 g/mol. The molecule has 0 atom stereocenters. The average Bonchev–Trinajstić information content (AvgIpc) is 1.41. The Hall–Kier alpha value is 3.24. The van der Waals surface area contributed by atoms with E-state index in [0.717, 1.165) is 36.7 Å². The van der Waals surface area contributed by atoms with Crippen LogP contribution in [0, 0.1) is 64.8 Å². The fourth-order valence-corrected chi connectivity index (χ4v) is 0. The summed E-state index contributed by atoms with van der Waals surface area (Å²) in [6.45, 7) is 0. The number of rotatable bonds is 0. The first kappa shape index (κ1) is 12.0. The van der Waals surface area contributed by atoms with Crippen molar-refractivity contribution in [1.29, 1.82) is 0 Å². The average molecular weight is 440 g/mol. The summed E-state index contributed by atoms with van der Waals surface area (Å²) in [6.07, 6.45) is 14.9. The van der Waals surface area contributed by atoms with Gasteiger partial charge in [0.05, 0.1) is 0 Å². The number of hydrogen-bond donors (Lipinski definition) is 0. The zero-order chi connectivity index (χ0) is 5.58. The molecule has 0 spiro atoms. The third kappa shape index (κ3) is 26.8. The first-order valence-corrected chi connectivity index (χ1v) is 9.42. The van der Waals surface area contributed by atoms with Gasteiger partial charge >= 0.3 is 84.8 Å². The van der Waals surface area contributed by atoms with Gasteiger partial charge in [-0.3, -0.25) is 0 Å². The molecule has 6 heteroatoms. The number of hydrogen-bond acceptors (Lipinski definition) is 1. The second-order valence-electron chi connectivity index (χ2n) is 0.143. The van der Waals surface area contributed by atoms with E-state index >= 15 is 0 Å². The Morgan fingerprint density at radius 2 is 1.17 bits per heavy atom. The molecule has 45 valence electrons. The summed E-state index contributed by atoms with van der Waals surface area (Å²) in [5.74, 6) is 0. The van der Waals surface area contributed by atoms with Crippen LogP contribution in [-0.4, -0.2) is 0 Å². The van der Waals surface area contributed by atoms with Gasteiger partial charge in [0, 0.05) is 0 Å². The van der Waals surface area contributed by atoms with E-state index in [-0.39, 0.29) is 0 Å². The first-order chi connectivity index (χ1) is 2.73. The molecule has 0 rings (SSSR count). The fourth-order valence-electron chi connectivity index (χ4n) is 0. The van der Waals surface area contributed by atoms with Crippen LogP contribution in [0.15, 0.2) is 0 Å². The van der Waals surface area contributed by atoms with Crippen molar-refractivity contribution >= 4 is 18.7 Å². The standard InChI is InChI=1S/3ClH.O.2Tb/h3*1H;;;/q;;;;;+3/p-3. The van der Waals surface area contributed by atoms with Crippen LogP contribution in [0.1, 0.15) is 0 Å². The molecular weight excluding hydrogens is 440 g/mol. The van der Waals surface area contributed by atoms with E-state index < -0.39 is 28.1 Å². The van der Waals surface area contributed by atoms with Crippen molar-refractivity contribution in [2.45, 2.75) is 0 Å². The summed E-state index contributed by atoms with van der Waals surface area (Å²) in [5, 5.41) is 0. The molecule has 0 aromatic heterocycles. The van der Waals surface area contributed by atoms with Crippen molar-refractivity contribution in [2.75, 3.05) is 0 Å². The Bertz CT molecular complexity index is 20.0. The molecule has 0 saturated carbocycles. The van der Waals surface area contributed by atoms with Gasteiger partial charge in [0.1, 0.15) is 0 Å². The van der Waals surface area contributed by atoms with Gasteiger partial charge in [0.15, 0.2) is 0 Å². The van der Waals surface area contributed by atoms with Gasteiger partial charge in [-0.1, -0.05) is 0 Å². The molecule has 6 heavy (non-hydrogen) atoms. The molecule has 0 fully saturated rings. The molecule has 0 aliphatic heterocycles. The summed E-state index contributed by atoms with van der Waals surface area (Å²) in [7, 11) is 0. The Balaban J connectivity index is 0. The Morgan fingerprint density at radius 1 is 1.17 bits per heavy atom. The molecule has 0 amide bonds. The maximum atomic E-state index is 8.25. The van der Waals surface area contributed by atoms with Crippen molar-refractivity contribution < 1.29 is 66.2 Å². The third-order valence-electron chi connectivity index (χ3n) is 0. The normalized spacial score (nSPS) is 8.33. The van der Waals surface area contributed by atoms with Gasteiger partial charge in [-0.2, -0.15) is 0 Å². The molecule has 0 unspecified atom stereocenters. The van der Waals surface area contributed by atoms with E-state index in [1.54, 1.807) is 0 Å². The summed E-state index contributed by atoms with van der Waals surface area (Å²) in [4.78, 5) is 0. The van der Waals surface area contributed by atoms with E-state index in [9.17, 15) is 0 Å². The summed E-state index contributed by atoms with van der Waals surface area (Å²) in [6, 6.07) is 0. The molecular formula is Cl3OTb2. The molecule has 0 bridgehead atoms. The predicted octanol–water partition coefficient (Wildman–Crippen LogP) is 1.95. The van der Waals surface area contributed by atoms with Crippen molar-refractivity contribution in [1.82, 2.24) is 0 Å². The molecule has 0 saturated heterocycles. The van der Waals surface area contributed by atoms with Gasteiger partial charge in [-0.15, -0.1) is 0 Å². The van der Waals surface area contributed by atoms with Crippen LogP contribution in [0.25, 0.3) is 0 Å². The minimum absolute atomic E-state index is 0.750. The second-order valence-corrected chi connectivity index (χ2v) is 9.54. The van der Waals surface area contributed by atoms with Crippen LogP contribution in [0.4, 0.5) is 0 Å². The first-order valence-electron chi connectivity index (χ1n) is 0.514. The summed E-state index contributed by atoms with van der Waals surface area (Å²) < 4.78 is 8.25. The molecule has 0 aliphatic rings. The number of halogens is 3. The topological polar surface area (TPSA) is 17.1 Å². The molecule has 0 aliphatic carbocycles. The van der Waals surface area contributed by atoms with Crippen LogP contribution in [0.5, 0.6) is 0 Å². The predicted molar refractivity (Wildman–Crippen MR) is 18.2 cm³/mol. The van der Waals surface area contributed by atoms with Gasteiger partial charge in [-0.25, -0.2) is 0 Å². The second kappa shape index (κ2) is 11.1. The molecule has 0 heterocycles. The maximum absolute atomic E-state index is 8.25. The van der Waals surface area contributed by atoms with Crippen LogP contribution < -0.4 is 0 Å². The van der Waals surface area contributed by atoms with Crippen molar-refractivity contribution in [2.24, 2.45) is 0 Å². The van der Waals surface area contributed by atoms with Crippen LogP contribution in [0.2, 0.25) is 0 Å². The van der Waals surface area contributed by atoms with E-state index in [0.29, 0.717) is 0 Å². The Morgan fingerprint density at radius 3 is 1.17 bits per heavy atom. The Labute approximate surface area is 82.1 Å². The van der Waals surface area contributed by atoms with Crippen LogP contribution >= 0.6 is 18.7 Å².